The number of piperidine rings is 1. The average Bonchev–Trinajstić information content (AvgIpc) is 2.87. The van der Waals surface area contributed by atoms with Crippen molar-refractivity contribution in [2.75, 3.05) is 46.2 Å². The molecule has 13 heteroatoms. The van der Waals surface area contributed by atoms with E-state index in [4.69, 9.17) is 32.7 Å². The molecule has 1 aliphatic rings. The second kappa shape index (κ2) is 14.9. The number of hydrogen-bond donors (Lipinski definition) is 3. The van der Waals surface area contributed by atoms with Crippen molar-refractivity contribution in [3.8, 4) is 0 Å². The third-order valence-corrected chi connectivity index (χ3v) is 7.25. The molecule has 3 amide bonds. The SMILES string of the molecule is COCCOC(=O)NC[C@H](NC(=O)C1CCN(C(=O)C=Cc2ccc(SC)c(Cl)c2Cl)CC1)C(=O)O. The summed E-state index contributed by atoms with van der Waals surface area (Å²) < 4.78 is 9.55. The van der Waals surface area contributed by atoms with Gasteiger partial charge in [0, 0.05) is 37.1 Å². The van der Waals surface area contributed by atoms with E-state index in [2.05, 4.69) is 10.6 Å². The number of hydrogen-bond acceptors (Lipinski definition) is 7. The normalized spacial score (nSPS) is 14.9. The number of carboxylic acids is 1. The molecule has 0 spiro atoms. The second-order valence-corrected chi connectivity index (χ2v) is 9.43. The Morgan fingerprint density at radius 1 is 1.19 bits per heavy atom. The average molecular weight is 562 g/mol. The zero-order valence-corrected chi connectivity index (χ0v) is 22.3. The van der Waals surface area contributed by atoms with Gasteiger partial charge in [0.2, 0.25) is 11.8 Å². The van der Waals surface area contributed by atoms with Gasteiger partial charge in [-0.15, -0.1) is 11.8 Å². The van der Waals surface area contributed by atoms with E-state index in [1.165, 1.54) is 24.9 Å². The zero-order chi connectivity index (χ0) is 26.7. The summed E-state index contributed by atoms with van der Waals surface area (Å²) in [4.78, 5) is 50.7. The van der Waals surface area contributed by atoms with E-state index >= 15 is 0 Å². The van der Waals surface area contributed by atoms with Crippen LogP contribution >= 0.6 is 35.0 Å². The summed E-state index contributed by atoms with van der Waals surface area (Å²) in [6, 6.07) is 2.30. The molecule has 2 rings (SSSR count). The van der Waals surface area contributed by atoms with E-state index < -0.39 is 29.9 Å². The molecule has 1 aromatic carbocycles. The number of rotatable bonds is 11. The van der Waals surface area contributed by atoms with E-state index in [1.54, 1.807) is 17.0 Å². The van der Waals surface area contributed by atoms with Gasteiger partial charge in [0.05, 0.1) is 23.2 Å². The standard InChI is InChI=1S/C23H29Cl2N3O7S/c1-34-11-12-35-23(33)26-13-16(22(31)32)27-21(30)15-7-9-28(10-8-15)18(29)6-4-14-3-5-17(36-2)20(25)19(14)24/h3-6,15-16H,7-13H2,1-2H3,(H,26,33)(H,27,30)(H,31,32)/t16-/m0/s1. The first-order valence-corrected chi connectivity index (χ1v) is 13.1. The predicted molar refractivity (Wildman–Crippen MR) is 137 cm³/mol. The van der Waals surface area contributed by atoms with Crippen LogP contribution in [0, 0.1) is 5.92 Å². The summed E-state index contributed by atoms with van der Waals surface area (Å²) in [5, 5.41) is 14.9. The fourth-order valence-corrected chi connectivity index (χ4v) is 4.58. The number of amides is 3. The van der Waals surface area contributed by atoms with E-state index in [0.717, 1.165) is 4.90 Å². The zero-order valence-electron chi connectivity index (χ0n) is 19.9. The number of thioether (sulfide) groups is 1. The Bertz CT molecular complexity index is 985. The number of carbonyl (C=O) groups excluding carboxylic acids is 3. The van der Waals surface area contributed by atoms with Crippen molar-refractivity contribution >= 4 is 64.9 Å². The number of benzene rings is 1. The molecule has 0 saturated carbocycles. The molecule has 1 fully saturated rings. The lowest BCUT2D eigenvalue weighted by Gasteiger charge is -2.31. The lowest BCUT2D eigenvalue weighted by atomic mass is 9.95. The third-order valence-electron chi connectivity index (χ3n) is 5.47. The number of nitrogens with one attached hydrogen (secondary N) is 2. The molecule has 1 saturated heterocycles. The van der Waals surface area contributed by atoms with Crippen LogP contribution in [-0.2, 0) is 23.9 Å². The fourth-order valence-electron chi connectivity index (χ4n) is 3.41. The Kier molecular flexibility index (Phi) is 12.3. The molecule has 198 valence electrons. The number of likely N-dealkylation sites (tertiary alicyclic amines) is 1. The molecule has 1 atom stereocenters. The van der Waals surface area contributed by atoms with Gasteiger partial charge in [-0.1, -0.05) is 29.3 Å². The van der Waals surface area contributed by atoms with Crippen molar-refractivity contribution in [1.29, 1.82) is 0 Å². The Hall–Kier alpha value is -2.47. The lowest BCUT2D eigenvalue weighted by Crippen LogP contribution is -2.51. The van der Waals surface area contributed by atoms with Gasteiger partial charge in [0.25, 0.3) is 0 Å². The van der Waals surface area contributed by atoms with Crippen LogP contribution < -0.4 is 10.6 Å². The molecule has 0 bridgehead atoms. The predicted octanol–water partition coefficient (Wildman–Crippen LogP) is 2.91. The molecule has 0 aliphatic carbocycles. The Balaban J connectivity index is 1.84. The molecule has 1 aromatic rings. The minimum atomic E-state index is -1.32. The minimum absolute atomic E-state index is 0.0179. The number of carboxylic acid groups (broad SMARTS) is 1. The number of ether oxygens (including phenoxy) is 2. The van der Waals surface area contributed by atoms with Crippen LogP contribution in [0.4, 0.5) is 4.79 Å². The Morgan fingerprint density at radius 2 is 1.89 bits per heavy atom. The highest BCUT2D eigenvalue weighted by molar-refractivity contribution is 7.98. The molecule has 1 aliphatic heterocycles. The summed E-state index contributed by atoms with van der Waals surface area (Å²) in [6.07, 6.45) is 4.84. The highest BCUT2D eigenvalue weighted by Gasteiger charge is 2.30. The Morgan fingerprint density at radius 3 is 2.50 bits per heavy atom. The van der Waals surface area contributed by atoms with Crippen molar-refractivity contribution in [1.82, 2.24) is 15.5 Å². The van der Waals surface area contributed by atoms with Crippen molar-refractivity contribution < 1.29 is 33.8 Å². The molecule has 1 heterocycles. The van der Waals surface area contributed by atoms with Gasteiger partial charge < -0.3 is 30.1 Å². The van der Waals surface area contributed by atoms with Gasteiger partial charge >= 0.3 is 12.1 Å². The molecular weight excluding hydrogens is 533 g/mol. The monoisotopic (exact) mass is 561 g/mol. The second-order valence-electron chi connectivity index (χ2n) is 7.83. The first kappa shape index (κ1) is 29.8. The number of halogens is 2. The number of nitrogens with zero attached hydrogens (tertiary/aromatic N) is 1. The lowest BCUT2D eigenvalue weighted by molar-refractivity contribution is -0.142. The van der Waals surface area contributed by atoms with Gasteiger partial charge in [-0.2, -0.15) is 0 Å². The van der Waals surface area contributed by atoms with Crippen LogP contribution in [0.1, 0.15) is 18.4 Å². The molecule has 36 heavy (non-hydrogen) atoms. The van der Waals surface area contributed by atoms with E-state index in [9.17, 15) is 24.3 Å². The number of carbonyl (C=O) groups is 4. The maximum absolute atomic E-state index is 12.6. The van der Waals surface area contributed by atoms with Crippen LogP contribution in [-0.4, -0.2) is 86.1 Å². The van der Waals surface area contributed by atoms with Gasteiger partial charge in [0.1, 0.15) is 12.6 Å². The van der Waals surface area contributed by atoms with Gasteiger partial charge in [-0.3, -0.25) is 9.59 Å². The van der Waals surface area contributed by atoms with Crippen LogP contribution in [0.15, 0.2) is 23.1 Å². The molecule has 0 radical (unpaired) electrons. The maximum Gasteiger partial charge on any atom is 0.407 e. The summed E-state index contributed by atoms with van der Waals surface area (Å²) in [5.74, 6) is -2.42. The first-order valence-electron chi connectivity index (χ1n) is 11.1. The van der Waals surface area contributed by atoms with Crippen LogP contribution in [0.2, 0.25) is 10.0 Å². The molecular formula is C23H29Cl2N3O7S. The van der Waals surface area contributed by atoms with Gasteiger partial charge in [0.15, 0.2) is 0 Å². The molecule has 0 unspecified atom stereocenters. The smallest absolute Gasteiger partial charge is 0.407 e. The van der Waals surface area contributed by atoms with E-state index in [1.807, 2.05) is 12.3 Å². The first-order chi connectivity index (χ1) is 17.2. The summed E-state index contributed by atoms with van der Waals surface area (Å²) in [7, 11) is 1.45. The van der Waals surface area contributed by atoms with Gasteiger partial charge in [-0.05, 0) is 36.8 Å². The van der Waals surface area contributed by atoms with Crippen molar-refractivity contribution in [3.05, 3.63) is 33.8 Å². The molecule has 10 nitrogen and oxygen atoms in total. The summed E-state index contributed by atoms with van der Waals surface area (Å²) in [6.45, 7) is 0.562. The van der Waals surface area contributed by atoms with Crippen LogP contribution in [0.25, 0.3) is 6.08 Å². The topological polar surface area (TPSA) is 134 Å². The fraction of sp³-hybridized carbons (Fsp3) is 0.478. The highest BCUT2D eigenvalue weighted by atomic mass is 35.5. The summed E-state index contributed by atoms with van der Waals surface area (Å²) in [5.41, 5.74) is 0.623. The molecule has 0 aromatic heterocycles. The molecule has 3 N–H and O–H groups in total. The highest BCUT2D eigenvalue weighted by Crippen LogP contribution is 2.35. The third kappa shape index (κ3) is 8.88. The van der Waals surface area contributed by atoms with Crippen molar-refractivity contribution in [3.63, 3.8) is 0 Å². The quantitative estimate of drug-likeness (QED) is 0.213. The minimum Gasteiger partial charge on any atom is -0.480 e. The Labute approximate surface area is 223 Å². The maximum atomic E-state index is 12.6. The summed E-state index contributed by atoms with van der Waals surface area (Å²) >= 11 is 14.0. The number of methoxy groups -OCH3 is 1. The van der Waals surface area contributed by atoms with Crippen molar-refractivity contribution in [2.45, 2.75) is 23.8 Å². The number of aliphatic carboxylic acids is 1. The van der Waals surface area contributed by atoms with Crippen LogP contribution in [0.3, 0.4) is 0 Å². The van der Waals surface area contributed by atoms with Crippen LogP contribution in [0.5, 0.6) is 0 Å². The van der Waals surface area contributed by atoms with E-state index in [-0.39, 0.29) is 25.7 Å². The largest absolute Gasteiger partial charge is 0.480 e. The van der Waals surface area contributed by atoms with Crippen molar-refractivity contribution in [2.24, 2.45) is 5.92 Å². The van der Waals surface area contributed by atoms with E-state index in [0.29, 0.717) is 41.5 Å². The van der Waals surface area contributed by atoms with Gasteiger partial charge in [-0.25, -0.2) is 9.59 Å². The number of alkyl carbamates (subject to hydrolysis) is 1.